The van der Waals surface area contributed by atoms with Crippen molar-refractivity contribution in [3.05, 3.63) is 34.3 Å². The van der Waals surface area contributed by atoms with Crippen molar-refractivity contribution in [1.29, 1.82) is 0 Å². The molecule has 1 saturated heterocycles. The van der Waals surface area contributed by atoms with Gasteiger partial charge in [0.15, 0.2) is 0 Å². The van der Waals surface area contributed by atoms with Gasteiger partial charge in [-0.2, -0.15) is 0 Å². The molecular formula is C21H32ClNO. The van der Waals surface area contributed by atoms with E-state index in [-0.39, 0.29) is 11.2 Å². The highest BCUT2D eigenvalue weighted by Crippen LogP contribution is 2.40. The van der Waals surface area contributed by atoms with Crippen molar-refractivity contribution in [3.63, 3.8) is 0 Å². The second-order valence-corrected chi connectivity index (χ2v) is 8.17. The second-order valence-electron chi connectivity index (χ2n) is 7.73. The van der Waals surface area contributed by atoms with Crippen molar-refractivity contribution in [1.82, 2.24) is 4.90 Å². The lowest BCUT2D eigenvalue weighted by Crippen LogP contribution is -2.49. The predicted octanol–water partition coefficient (Wildman–Crippen LogP) is 5.40. The van der Waals surface area contributed by atoms with Crippen LogP contribution in [0.1, 0.15) is 64.5 Å². The van der Waals surface area contributed by atoms with E-state index in [2.05, 4.69) is 32.6 Å². The Morgan fingerprint density at radius 1 is 1.29 bits per heavy atom. The fraction of sp³-hybridized carbons (Fsp3) is 0.667. The third kappa shape index (κ3) is 4.03. The summed E-state index contributed by atoms with van der Waals surface area (Å²) in [4.78, 5) is 15.2. The topological polar surface area (TPSA) is 20.3 Å². The number of piperidine rings is 1. The number of rotatable bonds is 6. The summed E-state index contributed by atoms with van der Waals surface area (Å²) in [5, 5.41) is 0.726. The summed E-state index contributed by atoms with van der Waals surface area (Å²) in [7, 11) is 0. The molecule has 3 heteroatoms. The van der Waals surface area contributed by atoms with Crippen molar-refractivity contribution >= 4 is 17.4 Å². The van der Waals surface area contributed by atoms with Crippen LogP contribution in [-0.2, 0) is 10.2 Å². The van der Waals surface area contributed by atoms with Gasteiger partial charge >= 0.3 is 0 Å². The highest BCUT2D eigenvalue weighted by molar-refractivity contribution is 6.30. The van der Waals surface area contributed by atoms with Crippen molar-refractivity contribution in [2.75, 3.05) is 13.1 Å². The van der Waals surface area contributed by atoms with E-state index in [1.54, 1.807) is 6.92 Å². The fourth-order valence-corrected chi connectivity index (χ4v) is 4.34. The molecule has 1 aliphatic rings. The van der Waals surface area contributed by atoms with E-state index in [1.807, 2.05) is 18.2 Å². The normalized spacial score (nSPS) is 20.6. The molecule has 2 rings (SSSR count). The van der Waals surface area contributed by atoms with Gasteiger partial charge in [0.05, 0.1) is 5.41 Å². The predicted molar refractivity (Wildman–Crippen MR) is 103 cm³/mol. The van der Waals surface area contributed by atoms with Crippen molar-refractivity contribution < 1.29 is 4.79 Å². The molecule has 2 unspecified atom stereocenters. The van der Waals surface area contributed by atoms with Gasteiger partial charge in [-0.05, 0) is 82.3 Å². The molecule has 1 fully saturated rings. The lowest BCUT2D eigenvalue weighted by molar-refractivity contribution is -0.124. The number of hydrogen-bond donors (Lipinski definition) is 0. The molecular weight excluding hydrogens is 318 g/mol. The Labute approximate surface area is 152 Å². The van der Waals surface area contributed by atoms with Crippen LogP contribution in [0.3, 0.4) is 0 Å². The molecule has 2 nitrogen and oxygen atoms in total. The van der Waals surface area contributed by atoms with Gasteiger partial charge in [-0.25, -0.2) is 0 Å². The van der Waals surface area contributed by atoms with Crippen LogP contribution >= 0.6 is 11.6 Å². The van der Waals surface area contributed by atoms with Crippen LogP contribution in [0.15, 0.2) is 18.2 Å². The molecule has 2 atom stereocenters. The molecule has 0 amide bonds. The maximum atomic E-state index is 12.6. The number of hydrogen-bond acceptors (Lipinski definition) is 2. The van der Waals surface area contributed by atoms with Crippen molar-refractivity contribution in [2.45, 2.75) is 71.8 Å². The van der Waals surface area contributed by atoms with Gasteiger partial charge in [-0.1, -0.05) is 37.9 Å². The van der Waals surface area contributed by atoms with Crippen LogP contribution in [-0.4, -0.2) is 29.8 Å². The van der Waals surface area contributed by atoms with Crippen LogP contribution in [0.5, 0.6) is 0 Å². The molecule has 0 N–H and O–H groups in total. The highest BCUT2D eigenvalue weighted by atomic mass is 35.5. The molecule has 1 heterocycles. The molecule has 0 radical (unpaired) electrons. The van der Waals surface area contributed by atoms with Crippen LogP contribution in [0.2, 0.25) is 5.02 Å². The first-order chi connectivity index (χ1) is 11.3. The zero-order valence-corrected chi connectivity index (χ0v) is 16.6. The van der Waals surface area contributed by atoms with Crippen LogP contribution < -0.4 is 0 Å². The minimum Gasteiger partial charge on any atom is -0.301 e. The number of carbonyl (C=O) groups is 1. The molecule has 134 valence electrons. The summed E-state index contributed by atoms with van der Waals surface area (Å²) in [6.45, 7) is 12.7. The van der Waals surface area contributed by atoms with E-state index in [0.717, 1.165) is 42.4 Å². The van der Waals surface area contributed by atoms with Crippen molar-refractivity contribution in [2.24, 2.45) is 5.92 Å². The Morgan fingerprint density at radius 2 is 1.92 bits per heavy atom. The summed E-state index contributed by atoms with van der Waals surface area (Å²) < 4.78 is 0. The SMILES string of the molecule is CCC(C)CC(C)N1CCC(C(C)=O)(c2cc(Cl)ccc2C)CC1. The van der Waals surface area contributed by atoms with Crippen LogP contribution in [0.4, 0.5) is 0 Å². The molecule has 1 aliphatic heterocycles. The summed E-state index contributed by atoms with van der Waals surface area (Å²) in [6, 6.07) is 6.55. The summed E-state index contributed by atoms with van der Waals surface area (Å²) >= 11 is 6.23. The minimum absolute atomic E-state index is 0.280. The third-order valence-corrected chi connectivity index (χ3v) is 6.34. The number of halogens is 1. The highest BCUT2D eigenvalue weighted by Gasteiger charge is 2.42. The third-order valence-electron chi connectivity index (χ3n) is 6.10. The van der Waals surface area contributed by atoms with E-state index in [9.17, 15) is 4.79 Å². The molecule has 0 bridgehead atoms. The van der Waals surface area contributed by atoms with Crippen LogP contribution in [0, 0.1) is 12.8 Å². The average molecular weight is 350 g/mol. The van der Waals surface area contributed by atoms with Gasteiger partial charge in [0.25, 0.3) is 0 Å². The fourth-order valence-electron chi connectivity index (χ4n) is 4.17. The first-order valence-corrected chi connectivity index (χ1v) is 9.69. The Kier molecular flexibility index (Phi) is 6.50. The Hall–Kier alpha value is -0.860. The van der Waals surface area contributed by atoms with Crippen molar-refractivity contribution in [3.8, 4) is 0 Å². The monoisotopic (exact) mass is 349 g/mol. The molecule has 0 spiro atoms. The summed E-state index contributed by atoms with van der Waals surface area (Å²) in [5.41, 5.74) is 1.95. The molecule has 0 aliphatic carbocycles. The lowest BCUT2D eigenvalue weighted by Gasteiger charge is -2.44. The van der Waals surface area contributed by atoms with Gasteiger partial charge in [-0.3, -0.25) is 4.79 Å². The van der Waals surface area contributed by atoms with Gasteiger partial charge in [0.1, 0.15) is 5.78 Å². The maximum absolute atomic E-state index is 12.6. The second kappa shape index (κ2) is 8.01. The minimum atomic E-state index is -0.360. The van der Waals surface area contributed by atoms with Crippen LogP contribution in [0.25, 0.3) is 0 Å². The number of carbonyl (C=O) groups excluding carboxylic acids is 1. The molecule has 0 aromatic heterocycles. The standard InChI is InChI=1S/C21H32ClNO/c1-6-15(2)13-17(4)23-11-9-21(10-12-23,18(5)24)20-14-19(22)8-7-16(20)3/h7-8,14-15,17H,6,9-13H2,1-5H3. The molecule has 0 saturated carbocycles. The first kappa shape index (κ1) is 19.5. The zero-order chi connectivity index (χ0) is 17.9. The first-order valence-electron chi connectivity index (χ1n) is 9.32. The van der Waals surface area contributed by atoms with E-state index in [4.69, 9.17) is 11.6 Å². The van der Waals surface area contributed by atoms with Gasteiger partial charge in [0, 0.05) is 11.1 Å². The molecule has 1 aromatic carbocycles. The number of ketones is 1. The Bertz CT molecular complexity index is 575. The lowest BCUT2D eigenvalue weighted by atomic mass is 9.68. The molecule has 1 aromatic rings. The smallest absolute Gasteiger partial charge is 0.140 e. The van der Waals surface area contributed by atoms with E-state index < -0.39 is 0 Å². The maximum Gasteiger partial charge on any atom is 0.140 e. The number of benzene rings is 1. The quantitative estimate of drug-likeness (QED) is 0.685. The van der Waals surface area contributed by atoms with E-state index >= 15 is 0 Å². The van der Waals surface area contributed by atoms with Gasteiger partial charge in [0.2, 0.25) is 0 Å². The van der Waals surface area contributed by atoms with E-state index in [1.165, 1.54) is 18.4 Å². The zero-order valence-electron chi connectivity index (χ0n) is 15.9. The number of likely N-dealkylation sites (tertiary alicyclic amines) is 1. The summed E-state index contributed by atoms with van der Waals surface area (Å²) in [6.07, 6.45) is 4.26. The number of aryl methyl sites for hydroxylation is 1. The number of nitrogens with zero attached hydrogens (tertiary/aromatic N) is 1. The molecule has 24 heavy (non-hydrogen) atoms. The average Bonchev–Trinajstić information content (AvgIpc) is 2.56. The van der Waals surface area contributed by atoms with Gasteiger partial charge < -0.3 is 4.90 Å². The van der Waals surface area contributed by atoms with Gasteiger partial charge in [-0.15, -0.1) is 0 Å². The van der Waals surface area contributed by atoms with E-state index in [0.29, 0.717) is 6.04 Å². The number of Topliss-reactive ketones (excluding diaryl/α,β-unsaturated/α-hetero) is 1. The Balaban J connectivity index is 2.18. The Morgan fingerprint density at radius 3 is 2.46 bits per heavy atom. The summed E-state index contributed by atoms with van der Waals surface area (Å²) in [5.74, 6) is 1.04. The largest absolute Gasteiger partial charge is 0.301 e.